The minimum atomic E-state index is -0.144. The van der Waals surface area contributed by atoms with E-state index in [1.807, 2.05) is 78.9 Å². The van der Waals surface area contributed by atoms with Crippen molar-refractivity contribution < 1.29 is 9.53 Å². The van der Waals surface area contributed by atoms with Crippen molar-refractivity contribution >= 4 is 5.78 Å². The molecule has 0 saturated heterocycles. The minimum absolute atomic E-state index is 0.144. The lowest BCUT2D eigenvalue weighted by molar-refractivity contribution is 0.0955. The van der Waals surface area contributed by atoms with E-state index in [0.717, 1.165) is 29.7 Å². The highest BCUT2D eigenvalue weighted by molar-refractivity contribution is 6.00. The van der Waals surface area contributed by atoms with E-state index < -0.39 is 0 Å². The first-order valence-electron chi connectivity index (χ1n) is 8.55. The van der Waals surface area contributed by atoms with Gasteiger partial charge in [0.2, 0.25) is 0 Å². The largest absolute Gasteiger partial charge is 0.497 e. The third-order valence-corrected chi connectivity index (χ3v) is 4.43. The Labute approximate surface area is 149 Å². The van der Waals surface area contributed by atoms with Crippen LogP contribution in [0.5, 0.6) is 5.75 Å². The van der Waals surface area contributed by atoms with Gasteiger partial charge in [-0.2, -0.15) is 0 Å². The molecule has 0 N–H and O–H groups in total. The van der Waals surface area contributed by atoms with Crippen LogP contribution in [0.25, 0.3) is 0 Å². The summed E-state index contributed by atoms with van der Waals surface area (Å²) in [5.74, 6) is 0.882. The van der Waals surface area contributed by atoms with Gasteiger partial charge in [0.1, 0.15) is 5.75 Å². The van der Waals surface area contributed by atoms with E-state index >= 15 is 0 Å². The normalized spacial score (nSPS) is 11.7. The second-order valence-electron chi connectivity index (χ2n) is 6.08. The van der Waals surface area contributed by atoms with Crippen LogP contribution in [0.2, 0.25) is 0 Å². The Kier molecular flexibility index (Phi) is 5.63. The smallest absolute Gasteiger partial charge is 0.170 e. The maximum Gasteiger partial charge on any atom is 0.170 e. The molecule has 0 fully saturated rings. The van der Waals surface area contributed by atoms with E-state index in [-0.39, 0.29) is 11.7 Å². The predicted molar refractivity (Wildman–Crippen MR) is 101 cm³/mol. The first-order chi connectivity index (χ1) is 12.3. The van der Waals surface area contributed by atoms with Crippen molar-refractivity contribution in [3.63, 3.8) is 0 Å². The molecule has 0 radical (unpaired) electrons. The van der Waals surface area contributed by atoms with E-state index in [9.17, 15) is 4.79 Å². The number of benzene rings is 3. The Bertz CT molecular complexity index is 810. The van der Waals surface area contributed by atoms with Crippen molar-refractivity contribution in [2.24, 2.45) is 0 Å². The summed E-state index contributed by atoms with van der Waals surface area (Å²) in [6.07, 6.45) is 1.60. The van der Waals surface area contributed by atoms with Crippen molar-refractivity contribution in [3.05, 3.63) is 102 Å². The maximum absolute atomic E-state index is 13.1. The third kappa shape index (κ3) is 4.36. The molecule has 25 heavy (non-hydrogen) atoms. The molecule has 0 heterocycles. The standard InChI is InChI=1S/C23H22O2/c1-25-21-14-8-9-18(17-21)15-16-22(19-10-4-2-5-11-19)23(24)20-12-6-3-7-13-20/h2-14,17,22H,15-16H2,1H3. The second kappa shape index (κ2) is 8.29. The zero-order valence-electron chi connectivity index (χ0n) is 14.4. The number of carbonyl (C=O) groups excluding carboxylic acids is 1. The van der Waals surface area contributed by atoms with Gasteiger partial charge in [-0.3, -0.25) is 4.79 Å². The molecule has 2 heteroatoms. The van der Waals surface area contributed by atoms with Crippen molar-refractivity contribution in [3.8, 4) is 5.75 Å². The van der Waals surface area contributed by atoms with E-state index in [4.69, 9.17) is 4.74 Å². The van der Waals surface area contributed by atoms with Crippen LogP contribution in [-0.4, -0.2) is 12.9 Å². The summed E-state index contributed by atoms with van der Waals surface area (Å²) in [7, 11) is 1.67. The average molecular weight is 330 g/mol. The van der Waals surface area contributed by atoms with Gasteiger partial charge in [-0.25, -0.2) is 0 Å². The highest BCUT2D eigenvalue weighted by Gasteiger charge is 2.21. The average Bonchev–Trinajstić information content (AvgIpc) is 2.69. The molecule has 0 aromatic heterocycles. The second-order valence-corrected chi connectivity index (χ2v) is 6.08. The molecule has 0 amide bonds. The van der Waals surface area contributed by atoms with Gasteiger partial charge in [0.05, 0.1) is 7.11 Å². The van der Waals surface area contributed by atoms with Crippen LogP contribution >= 0.6 is 0 Å². The molecule has 0 saturated carbocycles. The fraction of sp³-hybridized carbons (Fsp3) is 0.174. The van der Waals surface area contributed by atoms with Crippen molar-refractivity contribution in [1.29, 1.82) is 0 Å². The van der Waals surface area contributed by atoms with Crippen LogP contribution < -0.4 is 4.74 Å². The van der Waals surface area contributed by atoms with E-state index in [2.05, 4.69) is 6.07 Å². The Morgan fingerprint density at radius 1 is 0.880 bits per heavy atom. The summed E-state index contributed by atoms with van der Waals surface area (Å²) in [6.45, 7) is 0. The number of methoxy groups -OCH3 is 1. The van der Waals surface area contributed by atoms with Crippen molar-refractivity contribution in [1.82, 2.24) is 0 Å². The fourth-order valence-electron chi connectivity index (χ4n) is 3.08. The Hall–Kier alpha value is -2.87. The number of hydrogen-bond acceptors (Lipinski definition) is 2. The van der Waals surface area contributed by atoms with Gasteiger partial charge in [-0.05, 0) is 36.1 Å². The van der Waals surface area contributed by atoms with Gasteiger partial charge in [0.15, 0.2) is 5.78 Å². The van der Waals surface area contributed by atoms with E-state index in [0.29, 0.717) is 0 Å². The molecule has 0 aliphatic heterocycles. The molecule has 126 valence electrons. The number of hydrogen-bond donors (Lipinski definition) is 0. The van der Waals surface area contributed by atoms with Crippen LogP contribution in [0.4, 0.5) is 0 Å². The quantitative estimate of drug-likeness (QED) is 0.550. The summed E-state index contributed by atoms with van der Waals surface area (Å²) in [6, 6.07) is 27.6. The Morgan fingerprint density at radius 2 is 1.56 bits per heavy atom. The molecule has 0 bridgehead atoms. The molecule has 0 aliphatic carbocycles. The number of rotatable bonds is 7. The summed E-state index contributed by atoms with van der Waals surface area (Å²) < 4.78 is 5.30. The van der Waals surface area contributed by atoms with Gasteiger partial charge in [-0.1, -0.05) is 72.8 Å². The molecule has 3 aromatic rings. The molecule has 2 nitrogen and oxygen atoms in total. The van der Waals surface area contributed by atoms with E-state index in [1.54, 1.807) is 7.11 Å². The highest BCUT2D eigenvalue weighted by Crippen LogP contribution is 2.27. The lowest BCUT2D eigenvalue weighted by Gasteiger charge is -2.17. The van der Waals surface area contributed by atoms with Gasteiger partial charge in [0, 0.05) is 11.5 Å². The molecule has 3 aromatic carbocycles. The lowest BCUT2D eigenvalue weighted by Crippen LogP contribution is -2.14. The molecular weight excluding hydrogens is 308 g/mol. The summed E-state index contributed by atoms with van der Waals surface area (Å²) in [5.41, 5.74) is 3.02. The fourth-order valence-corrected chi connectivity index (χ4v) is 3.08. The van der Waals surface area contributed by atoms with Gasteiger partial charge >= 0.3 is 0 Å². The van der Waals surface area contributed by atoms with Crippen LogP contribution in [0, 0.1) is 0 Å². The monoisotopic (exact) mass is 330 g/mol. The number of carbonyl (C=O) groups is 1. The van der Waals surface area contributed by atoms with Crippen LogP contribution in [0.1, 0.15) is 33.8 Å². The summed E-state index contributed by atoms with van der Waals surface area (Å²) in [5, 5.41) is 0. The number of ether oxygens (including phenoxy) is 1. The molecular formula is C23H22O2. The van der Waals surface area contributed by atoms with Crippen molar-refractivity contribution in [2.75, 3.05) is 7.11 Å². The number of ketones is 1. The van der Waals surface area contributed by atoms with Gasteiger partial charge in [0.25, 0.3) is 0 Å². The Morgan fingerprint density at radius 3 is 2.24 bits per heavy atom. The summed E-state index contributed by atoms with van der Waals surface area (Å²) >= 11 is 0. The van der Waals surface area contributed by atoms with Crippen LogP contribution in [0.3, 0.4) is 0 Å². The SMILES string of the molecule is COc1cccc(CCC(C(=O)c2ccccc2)c2ccccc2)c1. The molecule has 0 spiro atoms. The van der Waals surface area contributed by atoms with Crippen LogP contribution in [0.15, 0.2) is 84.9 Å². The zero-order chi connectivity index (χ0) is 17.5. The van der Waals surface area contributed by atoms with Crippen LogP contribution in [-0.2, 0) is 6.42 Å². The van der Waals surface area contributed by atoms with Gasteiger partial charge < -0.3 is 4.74 Å². The predicted octanol–water partition coefficient (Wildman–Crippen LogP) is 5.29. The number of aryl methyl sites for hydroxylation is 1. The van der Waals surface area contributed by atoms with Gasteiger partial charge in [-0.15, -0.1) is 0 Å². The molecule has 0 aliphatic rings. The first kappa shape index (κ1) is 17.0. The number of Topliss-reactive ketones (excluding diaryl/α,β-unsaturated/α-hetero) is 1. The third-order valence-electron chi connectivity index (χ3n) is 4.43. The minimum Gasteiger partial charge on any atom is -0.497 e. The van der Waals surface area contributed by atoms with Crippen molar-refractivity contribution in [2.45, 2.75) is 18.8 Å². The maximum atomic E-state index is 13.1. The van der Waals surface area contributed by atoms with E-state index in [1.165, 1.54) is 5.56 Å². The highest BCUT2D eigenvalue weighted by atomic mass is 16.5. The topological polar surface area (TPSA) is 26.3 Å². The zero-order valence-corrected chi connectivity index (χ0v) is 14.4. The molecule has 1 atom stereocenters. The molecule has 3 rings (SSSR count). The first-order valence-corrected chi connectivity index (χ1v) is 8.55. The Balaban J connectivity index is 1.83. The molecule has 1 unspecified atom stereocenters. The summed E-state index contributed by atoms with van der Waals surface area (Å²) in [4.78, 5) is 13.1. The lowest BCUT2D eigenvalue weighted by atomic mass is 9.86.